The average molecular weight is 348 g/mol. The van der Waals surface area contributed by atoms with E-state index in [4.69, 9.17) is 9.84 Å². The van der Waals surface area contributed by atoms with Gasteiger partial charge in [-0.05, 0) is 35.4 Å². The first kappa shape index (κ1) is 17.6. The van der Waals surface area contributed by atoms with Gasteiger partial charge in [0.15, 0.2) is 0 Å². The number of rotatable bonds is 7. The Balaban J connectivity index is 2.29. The number of benzene rings is 1. The van der Waals surface area contributed by atoms with Crippen molar-refractivity contribution < 1.29 is 23.1 Å². The molecule has 0 atom stereocenters. The Hall–Kier alpha value is -2.71. The zero-order chi connectivity index (χ0) is 17.6. The first-order chi connectivity index (χ1) is 11.4. The summed E-state index contributed by atoms with van der Waals surface area (Å²) < 4.78 is 32.6. The van der Waals surface area contributed by atoms with E-state index in [-0.39, 0.29) is 17.2 Å². The monoisotopic (exact) mass is 348 g/mol. The molecule has 0 aliphatic rings. The van der Waals surface area contributed by atoms with Crippen molar-refractivity contribution in [3.8, 4) is 5.75 Å². The van der Waals surface area contributed by atoms with Crippen molar-refractivity contribution in [3.63, 3.8) is 0 Å². The fourth-order valence-electron chi connectivity index (χ4n) is 1.93. The summed E-state index contributed by atoms with van der Waals surface area (Å²) in [6, 6.07) is 7.85. The Morgan fingerprint density at radius 1 is 1.38 bits per heavy atom. The number of hydrogen-bond acceptors (Lipinski definition) is 5. The highest BCUT2D eigenvalue weighted by Gasteiger charge is 2.19. The number of pyridine rings is 1. The number of nitrogens with zero attached hydrogens (tertiary/aromatic N) is 1. The normalized spacial score (nSPS) is 11.5. The van der Waals surface area contributed by atoms with Gasteiger partial charge in [0.2, 0.25) is 10.0 Å². The Labute approximate surface area is 139 Å². The number of hydrogen-bond donors (Lipinski definition) is 2. The van der Waals surface area contributed by atoms with E-state index in [2.05, 4.69) is 9.71 Å². The summed E-state index contributed by atoms with van der Waals surface area (Å²) >= 11 is 0. The lowest BCUT2D eigenvalue weighted by Gasteiger charge is -2.11. The molecule has 0 saturated heterocycles. The number of carboxylic acids is 1. The molecule has 1 aromatic carbocycles. The lowest BCUT2D eigenvalue weighted by Crippen LogP contribution is -2.24. The average Bonchev–Trinajstić information content (AvgIpc) is 2.59. The van der Waals surface area contributed by atoms with E-state index in [0.717, 1.165) is 6.08 Å². The van der Waals surface area contributed by atoms with Crippen LogP contribution in [0.15, 0.2) is 53.7 Å². The van der Waals surface area contributed by atoms with E-state index in [9.17, 15) is 13.2 Å². The zero-order valence-corrected chi connectivity index (χ0v) is 13.7. The lowest BCUT2D eigenvalue weighted by molar-refractivity contribution is -0.131. The van der Waals surface area contributed by atoms with Gasteiger partial charge in [-0.1, -0.05) is 12.1 Å². The number of methoxy groups -OCH3 is 1. The van der Waals surface area contributed by atoms with Crippen LogP contribution in [0.4, 0.5) is 0 Å². The fourth-order valence-corrected chi connectivity index (χ4v) is 3.15. The molecule has 2 N–H and O–H groups in total. The third kappa shape index (κ3) is 4.64. The Morgan fingerprint density at radius 2 is 2.17 bits per heavy atom. The SMILES string of the molecule is COc1ccc(/C=C/C(=O)O)cc1S(=O)(=O)NCc1cccnc1. The van der Waals surface area contributed by atoms with Gasteiger partial charge >= 0.3 is 5.97 Å². The van der Waals surface area contributed by atoms with Crippen LogP contribution in [-0.4, -0.2) is 31.6 Å². The predicted molar refractivity (Wildman–Crippen MR) is 87.9 cm³/mol. The maximum absolute atomic E-state index is 12.5. The molecular weight excluding hydrogens is 332 g/mol. The summed E-state index contributed by atoms with van der Waals surface area (Å²) in [6.07, 6.45) is 5.40. The van der Waals surface area contributed by atoms with Crippen LogP contribution >= 0.6 is 0 Å². The zero-order valence-electron chi connectivity index (χ0n) is 12.8. The minimum atomic E-state index is -3.85. The molecule has 126 valence electrons. The number of ether oxygens (including phenoxy) is 1. The van der Waals surface area contributed by atoms with Gasteiger partial charge < -0.3 is 9.84 Å². The number of sulfonamides is 1. The maximum atomic E-state index is 12.5. The van der Waals surface area contributed by atoms with Gasteiger partial charge in [-0.15, -0.1) is 0 Å². The number of carboxylic acid groups (broad SMARTS) is 1. The van der Waals surface area contributed by atoms with E-state index in [1.165, 1.54) is 25.3 Å². The summed E-state index contributed by atoms with van der Waals surface area (Å²) in [6.45, 7) is 0.0779. The van der Waals surface area contributed by atoms with Crippen LogP contribution in [0.5, 0.6) is 5.75 Å². The van der Waals surface area contributed by atoms with Crippen LogP contribution in [0.1, 0.15) is 11.1 Å². The predicted octanol–water partition coefficient (Wildman–Crippen LogP) is 1.67. The third-order valence-electron chi connectivity index (χ3n) is 3.08. The van der Waals surface area contributed by atoms with Crippen LogP contribution in [0.3, 0.4) is 0 Å². The van der Waals surface area contributed by atoms with Gasteiger partial charge in [-0.2, -0.15) is 0 Å². The van der Waals surface area contributed by atoms with E-state index in [0.29, 0.717) is 11.1 Å². The highest BCUT2D eigenvalue weighted by Crippen LogP contribution is 2.25. The maximum Gasteiger partial charge on any atom is 0.328 e. The molecule has 0 spiro atoms. The van der Waals surface area contributed by atoms with Gasteiger partial charge in [0.1, 0.15) is 10.6 Å². The van der Waals surface area contributed by atoms with Crippen molar-refractivity contribution >= 4 is 22.1 Å². The van der Waals surface area contributed by atoms with Gasteiger partial charge in [-0.3, -0.25) is 4.98 Å². The Kier molecular flexibility index (Phi) is 5.67. The molecule has 0 fully saturated rings. The van der Waals surface area contributed by atoms with Crippen LogP contribution in [0.25, 0.3) is 6.08 Å². The standard InChI is InChI=1S/C16H16N2O5S/c1-23-14-6-4-12(5-7-16(19)20)9-15(14)24(21,22)18-11-13-3-2-8-17-10-13/h2-10,18H,11H2,1H3,(H,19,20)/b7-5+. The first-order valence-corrected chi connectivity index (χ1v) is 8.38. The first-order valence-electron chi connectivity index (χ1n) is 6.90. The molecule has 0 unspecified atom stereocenters. The summed E-state index contributed by atoms with van der Waals surface area (Å²) in [7, 11) is -2.48. The van der Waals surface area contributed by atoms with Gasteiger partial charge in [0, 0.05) is 25.0 Å². The molecule has 2 rings (SSSR count). The minimum absolute atomic E-state index is 0.0681. The van der Waals surface area contributed by atoms with Crippen molar-refractivity contribution in [2.45, 2.75) is 11.4 Å². The second-order valence-electron chi connectivity index (χ2n) is 4.77. The second kappa shape index (κ2) is 7.71. The molecule has 0 aliphatic carbocycles. The second-order valence-corrected chi connectivity index (χ2v) is 6.50. The summed E-state index contributed by atoms with van der Waals surface area (Å²) in [4.78, 5) is 14.4. The quantitative estimate of drug-likeness (QED) is 0.737. The Morgan fingerprint density at radius 3 is 2.79 bits per heavy atom. The van der Waals surface area contributed by atoms with E-state index in [1.807, 2.05) is 0 Å². The van der Waals surface area contributed by atoms with Crippen molar-refractivity contribution in [1.82, 2.24) is 9.71 Å². The Bertz CT molecular complexity index is 848. The van der Waals surface area contributed by atoms with E-state index < -0.39 is 16.0 Å². The highest BCUT2D eigenvalue weighted by molar-refractivity contribution is 7.89. The molecule has 0 amide bonds. The molecule has 8 heteroatoms. The van der Waals surface area contributed by atoms with Crippen molar-refractivity contribution in [2.75, 3.05) is 7.11 Å². The summed E-state index contributed by atoms with van der Waals surface area (Å²) in [5, 5.41) is 8.67. The molecule has 1 aromatic heterocycles. The summed E-state index contributed by atoms with van der Waals surface area (Å²) in [5.41, 5.74) is 1.14. The summed E-state index contributed by atoms with van der Waals surface area (Å²) in [5.74, 6) is -0.953. The van der Waals surface area contributed by atoms with Crippen LogP contribution in [0.2, 0.25) is 0 Å². The highest BCUT2D eigenvalue weighted by atomic mass is 32.2. The largest absolute Gasteiger partial charge is 0.495 e. The molecule has 0 saturated carbocycles. The molecule has 0 radical (unpaired) electrons. The molecule has 7 nitrogen and oxygen atoms in total. The van der Waals surface area contributed by atoms with E-state index in [1.54, 1.807) is 30.6 Å². The molecule has 1 heterocycles. The number of aromatic nitrogens is 1. The molecule has 24 heavy (non-hydrogen) atoms. The van der Waals surface area contributed by atoms with Crippen molar-refractivity contribution in [3.05, 3.63) is 59.9 Å². The van der Waals surface area contributed by atoms with Crippen LogP contribution < -0.4 is 9.46 Å². The molecule has 0 bridgehead atoms. The van der Waals surface area contributed by atoms with Gasteiger partial charge in [-0.25, -0.2) is 17.9 Å². The van der Waals surface area contributed by atoms with E-state index >= 15 is 0 Å². The smallest absolute Gasteiger partial charge is 0.328 e. The number of carbonyl (C=O) groups is 1. The molecule has 0 aliphatic heterocycles. The number of aliphatic carboxylic acids is 1. The third-order valence-corrected chi connectivity index (χ3v) is 4.51. The van der Waals surface area contributed by atoms with Crippen molar-refractivity contribution in [1.29, 1.82) is 0 Å². The van der Waals surface area contributed by atoms with Crippen molar-refractivity contribution in [2.24, 2.45) is 0 Å². The van der Waals surface area contributed by atoms with Crippen LogP contribution in [-0.2, 0) is 21.4 Å². The topological polar surface area (TPSA) is 106 Å². The molecular formula is C16H16N2O5S. The fraction of sp³-hybridized carbons (Fsp3) is 0.125. The lowest BCUT2D eigenvalue weighted by atomic mass is 10.2. The molecule has 2 aromatic rings. The number of nitrogens with one attached hydrogen (secondary N) is 1. The van der Waals surface area contributed by atoms with Crippen LogP contribution in [0, 0.1) is 0 Å². The minimum Gasteiger partial charge on any atom is -0.495 e. The van der Waals surface area contributed by atoms with Gasteiger partial charge in [0.25, 0.3) is 0 Å². The van der Waals surface area contributed by atoms with Gasteiger partial charge in [0.05, 0.1) is 7.11 Å².